The number of halogens is 2. The number of amides is 1. The minimum absolute atomic E-state index is 0.00934. The summed E-state index contributed by atoms with van der Waals surface area (Å²) >= 11 is 0. The van der Waals surface area contributed by atoms with Gasteiger partial charge in [-0.1, -0.05) is 90.8 Å². The van der Waals surface area contributed by atoms with Crippen LogP contribution in [0.15, 0.2) is 127 Å². The second kappa shape index (κ2) is 20.4. The molecule has 4 aromatic carbocycles. The minimum atomic E-state index is -1.44. The largest absolute Gasteiger partial charge is 0.489 e. The van der Waals surface area contributed by atoms with Crippen LogP contribution in [0.3, 0.4) is 0 Å². The highest BCUT2D eigenvalue weighted by molar-refractivity contribution is 6.03. The first-order valence-electron chi connectivity index (χ1n) is 22.5. The minimum Gasteiger partial charge on any atom is -0.489 e. The Labute approximate surface area is 369 Å². The molecule has 4 aromatic rings. The van der Waals surface area contributed by atoms with Crippen LogP contribution in [0.2, 0.25) is 0 Å². The van der Waals surface area contributed by atoms with Crippen LogP contribution in [-0.4, -0.2) is 58.4 Å². The van der Waals surface area contributed by atoms with E-state index < -0.39 is 17.7 Å². The van der Waals surface area contributed by atoms with Crippen LogP contribution in [0, 0.1) is 35.3 Å². The van der Waals surface area contributed by atoms with E-state index in [9.17, 15) is 23.8 Å². The number of unbranched alkanes of at least 4 members (excludes halogenated alkanes) is 2. The third-order valence-corrected chi connectivity index (χ3v) is 13.1. The van der Waals surface area contributed by atoms with Gasteiger partial charge >= 0.3 is 0 Å². The molecule has 6 atom stereocenters. The van der Waals surface area contributed by atoms with E-state index in [1.165, 1.54) is 18.2 Å². The maximum atomic E-state index is 14.8. The van der Waals surface area contributed by atoms with E-state index in [4.69, 9.17) is 24.2 Å². The van der Waals surface area contributed by atoms with E-state index >= 15 is 0 Å². The quantitative estimate of drug-likeness (QED) is 0.0488. The zero-order valence-corrected chi connectivity index (χ0v) is 35.8. The fraction of sp³-hybridized carbons (Fsp3) is 0.423. The number of oxime groups is 1. The van der Waals surface area contributed by atoms with Gasteiger partial charge in [-0.3, -0.25) is 4.79 Å². The lowest BCUT2D eigenvalue weighted by molar-refractivity contribution is -0.258. The van der Waals surface area contributed by atoms with Crippen LogP contribution < -0.4 is 9.47 Å². The number of carbonyl (C=O) groups excluding carboxylic acids is 1. The van der Waals surface area contributed by atoms with Crippen molar-refractivity contribution in [2.45, 2.75) is 95.3 Å². The number of carbonyl (C=O) groups is 1. The van der Waals surface area contributed by atoms with E-state index in [1.54, 1.807) is 36.4 Å². The van der Waals surface area contributed by atoms with Crippen molar-refractivity contribution in [3.8, 4) is 11.5 Å². The number of fused-ring (bicyclic) bond motifs is 2. The van der Waals surface area contributed by atoms with Gasteiger partial charge in [0.25, 0.3) is 0 Å². The summed E-state index contributed by atoms with van der Waals surface area (Å²) in [7, 11) is 0. The van der Waals surface area contributed by atoms with Gasteiger partial charge in [0.15, 0.2) is 0 Å². The Kier molecular flexibility index (Phi) is 14.4. The average molecular weight is 861 g/mol. The van der Waals surface area contributed by atoms with Crippen molar-refractivity contribution in [3.05, 3.63) is 155 Å². The molecule has 11 heteroatoms. The molecule has 2 saturated carbocycles. The second-order valence-electron chi connectivity index (χ2n) is 17.3. The molecule has 0 saturated heterocycles. The Morgan fingerprint density at radius 1 is 0.889 bits per heavy atom. The van der Waals surface area contributed by atoms with E-state index in [0.717, 1.165) is 60.8 Å². The summed E-state index contributed by atoms with van der Waals surface area (Å²) < 4.78 is 49.9. The number of aliphatic hydroxyl groups excluding tert-OH is 2. The molecule has 0 aromatic heterocycles. The predicted octanol–water partition coefficient (Wildman–Crippen LogP) is 9.82. The van der Waals surface area contributed by atoms with E-state index in [2.05, 4.69) is 12.7 Å². The third-order valence-electron chi connectivity index (χ3n) is 13.1. The zero-order chi connectivity index (χ0) is 43.8. The van der Waals surface area contributed by atoms with Crippen LogP contribution in [0.4, 0.5) is 8.78 Å². The summed E-state index contributed by atoms with van der Waals surface area (Å²) in [5, 5.41) is 24.9. The summed E-state index contributed by atoms with van der Waals surface area (Å²) in [5.74, 6) is -1.93. The van der Waals surface area contributed by atoms with Crippen molar-refractivity contribution in [2.24, 2.45) is 28.8 Å². The van der Waals surface area contributed by atoms with Crippen molar-refractivity contribution in [2.75, 3.05) is 19.8 Å². The average Bonchev–Trinajstić information content (AvgIpc) is 4.16. The number of nitrogens with zero attached hydrogens (tertiary/aromatic N) is 2. The van der Waals surface area contributed by atoms with E-state index in [0.29, 0.717) is 35.6 Å². The topological polar surface area (TPSA) is 110 Å². The fourth-order valence-electron chi connectivity index (χ4n) is 9.97. The molecule has 0 radical (unpaired) electrons. The molecule has 9 nitrogen and oxygen atoms in total. The van der Waals surface area contributed by atoms with Gasteiger partial charge in [0, 0.05) is 49.1 Å². The molecule has 332 valence electrons. The van der Waals surface area contributed by atoms with Crippen molar-refractivity contribution in [1.82, 2.24) is 4.90 Å². The van der Waals surface area contributed by atoms with Crippen LogP contribution in [0.5, 0.6) is 11.5 Å². The molecule has 1 amide bonds. The molecule has 0 bridgehead atoms. The lowest BCUT2D eigenvalue weighted by atomic mass is 9.55. The molecule has 1 heterocycles. The van der Waals surface area contributed by atoms with Crippen molar-refractivity contribution < 1.29 is 42.8 Å². The molecule has 6 unspecified atom stereocenters. The lowest BCUT2D eigenvalue weighted by Gasteiger charge is -2.60. The van der Waals surface area contributed by atoms with Crippen molar-refractivity contribution in [1.29, 1.82) is 0 Å². The molecule has 2 fully saturated rings. The Hall–Kier alpha value is -5.36. The van der Waals surface area contributed by atoms with Gasteiger partial charge in [0.2, 0.25) is 11.7 Å². The number of rotatable bonds is 21. The first-order valence-corrected chi connectivity index (χ1v) is 22.5. The summed E-state index contributed by atoms with van der Waals surface area (Å²) in [5.41, 5.74) is 4.67. The van der Waals surface area contributed by atoms with Gasteiger partial charge in [-0.05, 0) is 103 Å². The third kappa shape index (κ3) is 9.91. The number of hydrogen-bond acceptors (Lipinski definition) is 8. The van der Waals surface area contributed by atoms with Gasteiger partial charge in [-0.25, -0.2) is 8.78 Å². The van der Waals surface area contributed by atoms with Gasteiger partial charge in [0.05, 0.1) is 18.2 Å². The Morgan fingerprint density at radius 3 is 2.37 bits per heavy atom. The van der Waals surface area contributed by atoms with Gasteiger partial charge in [-0.15, -0.1) is 6.58 Å². The normalized spacial score (nSPS) is 24.1. The first-order chi connectivity index (χ1) is 30.8. The number of aliphatic hydroxyl groups is 2. The SMILES string of the molecule is C=CCOC12Oc3ccc(OCc4ccccc4F)cc3C3C(CCCCO)C(CCCCO)C=C(C(=NOCc4ccccc4)CC1N(Cc1ccc(F)cc1)C(=O)C1CC1)C32. The summed E-state index contributed by atoms with van der Waals surface area (Å²) in [4.78, 5) is 22.9. The maximum Gasteiger partial charge on any atom is 0.239 e. The molecular weight excluding hydrogens is 803 g/mol. The highest BCUT2D eigenvalue weighted by Crippen LogP contribution is 2.62. The van der Waals surface area contributed by atoms with Crippen molar-refractivity contribution >= 4 is 11.6 Å². The molecule has 0 spiro atoms. The van der Waals surface area contributed by atoms with E-state index in [1.807, 2.05) is 53.4 Å². The highest BCUT2D eigenvalue weighted by atomic mass is 19.1. The van der Waals surface area contributed by atoms with Crippen LogP contribution >= 0.6 is 0 Å². The molecule has 63 heavy (non-hydrogen) atoms. The number of hydrogen-bond donors (Lipinski definition) is 2. The van der Waals surface area contributed by atoms with Gasteiger partial charge < -0.3 is 34.2 Å². The molecule has 3 aliphatic carbocycles. The Balaban J connectivity index is 1.31. The molecule has 2 N–H and O–H groups in total. The van der Waals surface area contributed by atoms with Gasteiger partial charge in [0.1, 0.15) is 42.4 Å². The zero-order valence-electron chi connectivity index (χ0n) is 35.8. The predicted molar refractivity (Wildman–Crippen MR) is 237 cm³/mol. The van der Waals surface area contributed by atoms with Crippen molar-refractivity contribution in [3.63, 3.8) is 0 Å². The summed E-state index contributed by atoms with van der Waals surface area (Å²) in [6.45, 7) is 4.77. The molecule has 4 aliphatic rings. The number of benzene rings is 4. The number of ether oxygens (including phenoxy) is 3. The monoisotopic (exact) mass is 860 g/mol. The molecular formula is C52H58F2N2O7. The second-order valence-corrected chi connectivity index (χ2v) is 17.3. The van der Waals surface area contributed by atoms with Crippen LogP contribution in [-0.2, 0) is 34.1 Å². The summed E-state index contributed by atoms with van der Waals surface area (Å²) in [6.07, 6.45) is 10.2. The summed E-state index contributed by atoms with van der Waals surface area (Å²) in [6, 6.07) is 27.6. The molecule has 8 rings (SSSR count). The van der Waals surface area contributed by atoms with Gasteiger partial charge in [-0.2, -0.15) is 0 Å². The standard InChI is InChI=1S/C52H58F2N2O7/c1-2-28-61-52-48(56(51(59)37-20-21-37)32-35-18-22-40(53)23-19-35)31-46(55-62-33-36-12-4-3-5-13-36)43-29-38(14-8-10-26-57)42(16-9-11-27-58)49(50(43)52)44-30-41(24-25-47(44)63-52)60-34-39-15-6-7-17-45(39)54/h2-7,12-13,15,17-19,22-25,29-30,37-38,42,48-50,57-58H,1,8-11,14,16,20-21,26-28,31-34H2. The highest BCUT2D eigenvalue weighted by Gasteiger charge is 2.66. The molecule has 1 aliphatic heterocycles. The first kappa shape index (κ1) is 44.3. The Bertz CT molecular complexity index is 2250. The van der Waals surface area contributed by atoms with Crippen LogP contribution in [0.25, 0.3) is 0 Å². The maximum absolute atomic E-state index is 14.8. The Morgan fingerprint density at radius 2 is 1.63 bits per heavy atom. The lowest BCUT2D eigenvalue weighted by Crippen LogP contribution is -2.70. The smallest absolute Gasteiger partial charge is 0.239 e. The number of allylic oxidation sites excluding steroid dienone is 1. The van der Waals surface area contributed by atoms with Crippen LogP contribution in [0.1, 0.15) is 86.0 Å². The van der Waals surface area contributed by atoms with E-state index in [-0.39, 0.29) is 87.2 Å². The fourth-order valence-corrected chi connectivity index (χ4v) is 9.97.